The Morgan fingerprint density at radius 1 is 0.923 bits per heavy atom. The van der Waals surface area contributed by atoms with Gasteiger partial charge in [-0.1, -0.05) is 81.3 Å². The Balaban J connectivity index is 0.817. The van der Waals surface area contributed by atoms with Crippen molar-refractivity contribution < 1.29 is 52.5 Å². The van der Waals surface area contributed by atoms with Crippen LogP contribution in [0.25, 0.3) is 33.4 Å². The Hall–Kier alpha value is -8.89. The number of hydrogen-bond acceptors (Lipinski definition) is 12. The molecule has 0 spiro atoms. The number of cyclic esters (lactones) is 1. The fraction of sp³-hybridized carbons (Fsp3) is 0.322. The summed E-state index contributed by atoms with van der Waals surface area (Å²) in [5.74, 6) is -1.49. The number of nitrogens with zero attached hydrogens (tertiary/aromatic N) is 2. The highest BCUT2D eigenvalue weighted by Crippen LogP contribution is 2.47. The second kappa shape index (κ2) is 20.9. The highest BCUT2D eigenvalue weighted by Gasteiger charge is 2.46. The number of ether oxygens (including phenoxy) is 3. The number of rotatable bonds is 14. The summed E-state index contributed by atoms with van der Waals surface area (Å²) in [5.41, 5.74) is 5.64. The SMILES string of the molecule is C#CCNC(=O)c1cc(NC(=O)[C@H](C)NC(=O)[C@@H](NC(=O)OCC2c3ccccc3-c3ccccc32)C(C)C)ccc1COC(=O)N[C@H]1CCc2c(C)c(F)cc3nc4c(c1c23)Cn1c-4cc2c(c1=O)COC(=O)[C@]2(O)CC. The van der Waals surface area contributed by atoms with Gasteiger partial charge in [0.25, 0.3) is 11.5 Å². The number of terminal acetylenes is 1. The van der Waals surface area contributed by atoms with Crippen LogP contribution in [-0.2, 0) is 60.4 Å². The van der Waals surface area contributed by atoms with Crippen molar-refractivity contribution in [3.63, 3.8) is 0 Å². The van der Waals surface area contributed by atoms with Crippen molar-refractivity contribution in [3.8, 4) is 34.9 Å². The van der Waals surface area contributed by atoms with E-state index in [4.69, 9.17) is 25.6 Å². The number of esters is 1. The van der Waals surface area contributed by atoms with E-state index in [1.807, 2.05) is 48.5 Å². The first-order valence-corrected chi connectivity index (χ1v) is 25.7. The summed E-state index contributed by atoms with van der Waals surface area (Å²) in [6.07, 6.45) is 4.42. The Kier molecular flexibility index (Phi) is 14.1. The number of aliphatic hydroxyl groups is 1. The number of nitrogens with one attached hydrogen (secondary N) is 5. The van der Waals surface area contributed by atoms with Gasteiger partial charge in [-0.3, -0.25) is 19.2 Å². The maximum absolute atomic E-state index is 15.5. The lowest BCUT2D eigenvalue weighted by molar-refractivity contribution is -0.172. The number of carbonyl (C=O) groups is 6. The number of carbonyl (C=O) groups excluding carboxylic acids is 6. The molecule has 6 aromatic rings. The Labute approximate surface area is 447 Å². The zero-order valence-corrected chi connectivity index (χ0v) is 43.4. The topological polar surface area (TPSA) is 245 Å². The molecule has 10 rings (SSSR count). The summed E-state index contributed by atoms with van der Waals surface area (Å²) < 4.78 is 33.7. The Morgan fingerprint density at radius 2 is 1.64 bits per heavy atom. The van der Waals surface area contributed by atoms with Crippen LogP contribution < -0.4 is 32.1 Å². The van der Waals surface area contributed by atoms with Gasteiger partial charge in [-0.25, -0.2) is 23.8 Å². The Bertz CT molecular complexity index is 3600. The third-order valence-corrected chi connectivity index (χ3v) is 15.3. The molecule has 19 heteroatoms. The minimum absolute atomic E-state index is 0.0189. The van der Waals surface area contributed by atoms with Crippen LogP contribution in [0.15, 0.2) is 83.7 Å². The second-order valence-electron chi connectivity index (χ2n) is 20.3. The first-order chi connectivity index (χ1) is 37.4. The van der Waals surface area contributed by atoms with Gasteiger partial charge in [0.2, 0.25) is 11.8 Å². The van der Waals surface area contributed by atoms with Crippen molar-refractivity contribution in [2.75, 3.05) is 18.5 Å². The van der Waals surface area contributed by atoms with Gasteiger partial charge >= 0.3 is 18.2 Å². The van der Waals surface area contributed by atoms with Crippen molar-refractivity contribution in [1.82, 2.24) is 30.8 Å². The molecule has 0 bridgehead atoms. The van der Waals surface area contributed by atoms with Crippen LogP contribution in [-0.4, -0.2) is 75.8 Å². The van der Waals surface area contributed by atoms with Crippen molar-refractivity contribution in [3.05, 3.63) is 151 Å². The predicted octanol–water partition coefficient (Wildman–Crippen LogP) is 6.81. The van der Waals surface area contributed by atoms with Crippen molar-refractivity contribution >= 4 is 52.5 Å². The summed E-state index contributed by atoms with van der Waals surface area (Å²) in [4.78, 5) is 99.6. The van der Waals surface area contributed by atoms with E-state index >= 15 is 4.39 Å². The van der Waals surface area contributed by atoms with E-state index in [2.05, 4.69) is 32.5 Å². The van der Waals surface area contributed by atoms with Crippen molar-refractivity contribution in [2.24, 2.45) is 5.92 Å². The van der Waals surface area contributed by atoms with Gasteiger partial charge in [0.1, 0.15) is 37.7 Å². The number of halogens is 1. The second-order valence-corrected chi connectivity index (χ2v) is 20.3. The summed E-state index contributed by atoms with van der Waals surface area (Å²) in [6.45, 7) is 7.43. The molecule has 4 aliphatic rings. The molecule has 0 unspecified atom stereocenters. The minimum Gasteiger partial charge on any atom is -0.458 e. The number of hydrogen-bond donors (Lipinski definition) is 6. The third kappa shape index (κ3) is 9.35. The molecule has 18 nitrogen and oxygen atoms in total. The summed E-state index contributed by atoms with van der Waals surface area (Å²) in [5, 5.41) is 25.6. The van der Waals surface area contributed by atoms with Crippen LogP contribution >= 0.6 is 0 Å². The largest absolute Gasteiger partial charge is 0.458 e. The van der Waals surface area contributed by atoms with Gasteiger partial charge < -0.3 is 50.5 Å². The Morgan fingerprint density at radius 3 is 2.33 bits per heavy atom. The van der Waals surface area contributed by atoms with E-state index in [0.717, 1.165) is 22.3 Å². The number of anilines is 1. The van der Waals surface area contributed by atoms with E-state index in [1.165, 1.54) is 35.8 Å². The first-order valence-electron chi connectivity index (χ1n) is 25.7. The highest BCUT2D eigenvalue weighted by molar-refractivity contribution is 6.01. The van der Waals surface area contributed by atoms with Gasteiger partial charge in [-0.2, -0.15) is 0 Å². The van der Waals surface area contributed by atoms with Crippen molar-refractivity contribution in [1.29, 1.82) is 0 Å². The van der Waals surface area contributed by atoms with Gasteiger partial charge in [0, 0.05) is 45.3 Å². The summed E-state index contributed by atoms with van der Waals surface area (Å²) in [6, 6.07) is 20.2. The highest BCUT2D eigenvalue weighted by atomic mass is 19.1. The molecule has 4 heterocycles. The normalized spacial score (nSPS) is 17.2. The number of amides is 5. The van der Waals surface area contributed by atoms with E-state index in [-0.39, 0.29) is 66.6 Å². The molecule has 5 amide bonds. The predicted molar refractivity (Wildman–Crippen MR) is 284 cm³/mol. The molecule has 0 saturated carbocycles. The van der Waals surface area contributed by atoms with Crippen LogP contribution in [0.5, 0.6) is 0 Å². The van der Waals surface area contributed by atoms with E-state index in [9.17, 15) is 38.7 Å². The van der Waals surface area contributed by atoms with E-state index in [1.54, 1.807) is 33.8 Å². The van der Waals surface area contributed by atoms with Gasteiger partial charge in [-0.05, 0) is 96.2 Å². The summed E-state index contributed by atoms with van der Waals surface area (Å²) >= 11 is 0. The van der Waals surface area contributed by atoms with E-state index in [0.29, 0.717) is 57.4 Å². The molecule has 6 N–H and O–H groups in total. The molecule has 4 aromatic carbocycles. The molecular formula is C59H56FN7O11. The average molecular weight is 1060 g/mol. The van der Waals surface area contributed by atoms with Crippen LogP contribution in [0, 0.1) is 31.0 Å². The minimum atomic E-state index is -2.07. The maximum Gasteiger partial charge on any atom is 0.407 e. The number of alkyl carbamates (subject to hydrolysis) is 2. The molecule has 4 atom stereocenters. The number of aromatic nitrogens is 2. The maximum atomic E-state index is 15.5. The average Bonchev–Trinajstić information content (AvgIpc) is 3.87. The molecule has 78 heavy (non-hydrogen) atoms. The fourth-order valence-corrected chi connectivity index (χ4v) is 11.2. The lowest BCUT2D eigenvalue weighted by Crippen LogP contribution is -2.53. The fourth-order valence-electron chi connectivity index (χ4n) is 11.2. The van der Waals surface area contributed by atoms with Crippen LogP contribution in [0.1, 0.15) is 113 Å². The zero-order chi connectivity index (χ0) is 55.3. The van der Waals surface area contributed by atoms with Gasteiger partial charge in [-0.15, -0.1) is 6.42 Å². The van der Waals surface area contributed by atoms with Crippen LogP contribution in [0.2, 0.25) is 0 Å². The van der Waals surface area contributed by atoms with E-state index < -0.39 is 83.5 Å². The van der Waals surface area contributed by atoms with Gasteiger partial charge in [0.15, 0.2) is 5.60 Å². The van der Waals surface area contributed by atoms with Crippen molar-refractivity contribution in [2.45, 2.75) is 103 Å². The molecule has 400 valence electrons. The molecule has 2 aromatic heterocycles. The smallest absolute Gasteiger partial charge is 0.407 e. The molecule has 0 radical (unpaired) electrons. The lowest BCUT2D eigenvalue weighted by atomic mass is 9.81. The molecule has 2 aliphatic heterocycles. The lowest BCUT2D eigenvalue weighted by Gasteiger charge is -2.31. The third-order valence-electron chi connectivity index (χ3n) is 15.3. The first kappa shape index (κ1) is 52.5. The number of pyridine rings is 2. The summed E-state index contributed by atoms with van der Waals surface area (Å²) in [7, 11) is 0. The molecule has 2 aliphatic carbocycles. The van der Waals surface area contributed by atoms with Crippen LogP contribution in [0.3, 0.4) is 0 Å². The molecule has 0 saturated heterocycles. The quantitative estimate of drug-likeness (QED) is 0.0374. The monoisotopic (exact) mass is 1060 g/mol. The molecular weight excluding hydrogens is 1000 g/mol. The zero-order valence-electron chi connectivity index (χ0n) is 43.4. The molecule has 0 fully saturated rings. The van der Waals surface area contributed by atoms with Gasteiger partial charge in [0.05, 0.1) is 41.6 Å². The van der Waals surface area contributed by atoms with Crippen LogP contribution in [0.4, 0.5) is 19.7 Å². The number of fused-ring (bicyclic) bond motifs is 8. The number of aryl methyl sites for hydroxylation is 1. The number of benzene rings is 4. The standard InChI is InChI=1S/C59H56FN7O11/c1-7-21-61-53(69)39-22-33(63-52(68)31(6)62-54(70)50(29(3)4)66-58(74)78-27-41-37-15-11-9-13-35(37)36-14-10-12-16-38(36)41)18-17-32(39)26-77-57(73)65-45-20-19-34-30(5)44(60)24-46-48(34)49(45)40-25-67-47(51(40)64-46)23-43-42(55(67)71)28-76-56(72)59(43,75)8-2/h1,9-18,22-24,29,31,41,45,50,75H,8,19-21,25-28H2,2-6H3,(H,61,69)(H,62,70)(H,63,68)(H,65,73)(H,66,74)/t31-,45-,50-,59-/m0/s1.